The van der Waals surface area contributed by atoms with Gasteiger partial charge in [0.25, 0.3) is 0 Å². The van der Waals surface area contributed by atoms with Crippen LogP contribution in [-0.2, 0) is 4.79 Å². The molecule has 0 aliphatic heterocycles. The van der Waals surface area contributed by atoms with E-state index in [1.165, 1.54) is 32.1 Å². The molecule has 0 heterocycles. The lowest BCUT2D eigenvalue weighted by Crippen LogP contribution is -2.07. The minimum Gasteiger partial charge on any atom is -0.481 e. The van der Waals surface area contributed by atoms with Gasteiger partial charge in [0.1, 0.15) is 0 Å². The van der Waals surface area contributed by atoms with Crippen LogP contribution in [0.25, 0.3) is 0 Å². The van der Waals surface area contributed by atoms with Gasteiger partial charge in [0, 0.05) is 0 Å². The van der Waals surface area contributed by atoms with Crippen LogP contribution in [0.1, 0.15) is 58.8 Å². The van der Waals surface area contributed by atoms with Gasteiger partial charge in [0.2, 0.25) is 0 Å². The van der Waals surface area contributed by atoms with Gasteiger partial charge in [-0.3, -0.25) is 4.79 Å². The molecule has 2 nitrogen and oxygen atoms in total. The first-order valence-corrected chi connectivity index (χ1v) is 6.06. The Kier molecular flexibility index (Phi) is 9.24. The van der Waals surface area contributed by atoms with Crippen molar-refractivity contribution in [2.75, 3.05) is 0 Å². The SMILES string of the molecule is CCCCCCC/C=C/CC(C)C(=O)O. The fourth-order valence-corrected chi connectivity index (χ4v) is 1.38. The number of hydrogen-bond donors (Lipinski definition) is 1. The third-order valence-corrected chi connectivity index (χ3v) is 2.55. The van der Waals surface area contributed by atoms with Crippen LogP contribution in [0, 0.1) is 5.92 Å². The first-order chi connectivity index (χ1) is 7.18. The molecule has 0 bridgehead atoms. The highest BCUT2D eigenvalue weighted by molar-refractivity contribution is 5.69. The predicted octanol–water partition coefficient (Wildman–Crippen LogP) is 4.01. The van der Waals surface area contributed by atoms with Crippen LogP contribution in [0.5, 0.6) is 0 Å². The Labute approximate surface area is 93.4 Å². The van der Waals surface area contributed by atoms with E-state index in [1.54, 1.807) is 6.92 Å². The summed E-state index contributed by atoms with van der Waals surface area (Å²) >= 11 is 0. The van der Waals surface area contributed by atoms with Crippen molar-refractivity contribution in [3.63, 3.8) is 0 Å². The topological polar surface area (TPSA) is 37.3 Å². The molecule has 0 fully saturated rings. The highest BCUT2D eigenvalue weighted by Crippen LogP contribution is 2.07. The summed E-state index contributed by atoms with van der Waals surface area (Å²) in [7, 11) is 0. The van der Waals surface area contributed by atoms with E-state index in [-0.39, 0.29) is 5.92 Å². The summed E-state index contributed by atoms with van der Waals surface area (Å²) in [5.41, 5.74) is 0. The van der Waals surface area contributed by atoms with Crippen LogP contribution in [-0.4, -0.2) is 11.1 Å². The van der Waals surface area contributed by atoms with Gasteiger partial charge in [-0.25, -0.2) is 0 Å². The molecule has 88 valence electrons. The fraction of sp³-hybridized carbons (Fsp3) is 0.769. The average Bonchev–Trinajstić information content (AvgIpc) is 2.21. The first kappa shape index (κ1) is 14.2. The number of allylic oxidation sites excluding steroid dienone is 2. The number of carbonyl (C=O) groups is 1. The van der Waals surface area contributed by atoms with Gasteiger partial charge in [-0.1, -0.05) is 51.7 Å². The molecule has 0 aliphatic carbocycles. The quantitative estimate of drug-likeness (QED) is 0.463. The summed E-state index contributed by atoms with van der Waals surface area (Å²) in [5.74, 6) is -0.955. The molecule has 0 spiro atoms. The van der Waals surface area contributed by atoms with Gasteiger partial charge < -0.3 is 5.11 Å². The number of rotatable bonds is 9. The van der Waals surface area contributed by atoms with Crippen molar-refractivity contribution in [2.45, 2.75) is 58.8 Å². The van der Waals surface area contributed by atoms with Crippen molar-refractivity contribution < 1.29 is 9.90 Å². The molecular formula is C13H24O2. The van der Waals surface area contributed by atoms with Crippen molar-refractivity contribution in [1.29, 1.82) is 0 Å². The van der Waals surface area contributed by atoms with E-state index in [0.717, 1.165) is 6.42 Å². The third-order valence-electron chi connectivity index (χ3n) is 2.55. The van der Waals surface area contributed by atoms with Crippen molar-refractivity contribution in [3.05, 3.63) is 12.2 Å². The van der Waals surface area contributed by atoms with Crippen LogP contribution in [0.2, 0.25) is 0 Å². The summed E-state index contributed by atoms with van der Waals surface area (Å²) < 4.78 is 0. The second-order valence-corrected chi connectivity index (χ2v) is 4.15. The summed E-state index contributed by atoms with van der Waals surface area (Å²) in [5, 5.41) is 8.65. The van der Waals surface area contributed by atoms with Crippen molar-refractivity contribution >= 4 is 5.97 Å². The van der Waals surface area contributed by atoms with Gasteiger partial charge in [0.05, 0.1) is 5.92 Å². The highest BCUT2D eigenvalue weighted by Gasteiger charge is 2.06. The van der Waals surface area contributed by atoms with Gasteiger partial charge in [-0.05, 0) is 19.3 Å². The summed E-state index contributed by atoms with van der Waals surface area (Å²) in [6.45, 7) is 3.96. The Morgan fingerprint density at radius 1 is 1.20 bits per heavy atom. The second-order valence-electron chi connectivity index (χ2n) is 4.15. The summed E-state index contributed by atoms with van der Waals surface area (Å²) in [4.78, 5) is 10.5. The van der Waals surface area contributed by atoms with E-state index in [2.05, 4.69) is 13.0 Å². The Bertz CT molecular complexity index is 185. The molecule has 1 N–H and O–H groups in total. The van der Waals surface area contributed by atoms with Crippen LogP contribution in [0.4, 0.5) is 0 Å². The normalized spacial score (nSPS) is 13.2. The zero-order valence-electron chi connectivity index (χ0n) is 10.0. The Morgan fingerprint density at radius 2 is 1.87 bits per heavy atom. The average molecular weight is 212 g/mol. The Balaban J connectivity index is 3.28. The smallest absolute Gasteiger partial charge is 0.306 e. The molecule has 0 amide bonds. The van der Waals surface area contributed by atoms with Crippen LogP contribution < -0.4 is 0 Å². The molecule has 0 saturated heterocycles. The van der Waals surface area contributed by atoms with Crippen molar-refractivity contribution in [3.8, 4) is 0 Å². The number of hydrogen-bond acceptors (Lipinski definition) is 1. The van der Waals surface area contributed by atoms with Crippen molar-refractivity contribution in [1.82, 2.24) is 0 Å². The van der Waals surface area contributed by atoms with Gasteiger partial charge in [-0.2, -0.15) is 0 Å². The monoisotopic (exact) mass is 212 g/mol. The van der Waals surface area contributed by atoms with E-state index in [4.69, 9.17) is 5.11 Å². The maximum absolute atomic E-state index is 10.5. The lowest BCUT2D eigenvalue weighted by Gasteiger charge is -2.00. The molecule has 0 radical (unpaired) electrons. The van der Waals surface area contributed by atoms with Gasteiger partial charge in [0.15, 0.2) is 0 Å². The van der Waals surface area contributed by atoms with E-state index >= 15 is 0 Å². The van der Waals surface area contributed by atoms with E-state index in [1.807, 2.05) is 6.08 Å². The standard InChI is InChI=1S/C13H24O2/c1-3-4-5-6-7-8-9-10-11-12(2)13(14)15/h9-10,12H,3-8,11H2,1-2H3,(H,14,15)/b10-9+. The third kappa shape index (κ3) is 9.51. The zero-order valence-corrected chi connectivity index (χ0v) is 10.0. The summed E-state index contributed by atoms with van der Waals surface area (Å²) in [6, 6.07) is 0. The van der Waals surface area contributed by atoms with Crippen LogP contribution >= 0.6 is 0 Å². The fourth-order valence-electron chi connectivity index (χ4n) is 1.38. The van der Waals surface area contributed by atoms with Crippen LogP contribution in [0.3, 0.4) is 0 Å². The number of carboxylic acids is 1. The van der Waals surface area contributed by atoms with E-state index < -0.39 is 5.97 Å². The van der Waals surface area contributed by atoms with Gasteiger partial charge in [-0.15, -0.1) is 0 Å². The molecule has 0 saturated carbocycles. The largest absolute Gasteiger partial charge is 0.481 e. The molecule has 1 unspecified atom stereocenters. The second kappa shape index (κ2) is 9.75. The molecule has 0 aromatic rings. The molecule has 0 aromatic heterocycles. The Morgan fingerprint density at radius 3 is 2.47 bits per heavy atom. The number of aliphatic carboxylic acids is 1. The Hall–Kier alpha value is -0.790. The zero-order chi connectivity index (χ0) is 11.5. The minimum absolute atomic E-state index is 0.249. The molecule has 0 rings (SSSR count). The molecule has 1 atom stereocenters. The molecule has 0 aromatic carbocycles. The highest BCUT2D eigenvalue weighted by atomic mass is 16.4. The number of carboxylic acid groups (broad SMARTS) is 1. The molecule has 2 heteroatoms. The van der Waals surface area contributed by atoms with Gasteiger partial charge >= 0.3 is 5.97 Å². The predicted molar refractivity (Wildman–Crippen MR) is 63.9 cm³/mol. The molecular weight excluding hydrogens is 188 g/mol. The van der Waals surface area contributed by atoms with E-state index in [9.17, 15) is 4.79 Å². The lowest BCUT2D eigenvalue weighted by atomic mass is 10.1. The lowest BCUT2D eigenvalue weighted by molar-refractivity contribution is -0.140. The molecule has 0 aliphatic rings. The molecule has 15 heavy (non-hydrogen) atoms. The van der Waals surface area contributed by atoms with Crippen LogP contribution in [0.15, 0.2) is 12.2 Å². The maximum atomic E-state index is 10.5. The number of unbranched alkanes of at least 4 members (excludes halogenated alkanes) is 5. The maximum Gasteiger partial charge on any atom is 0.306 e. The van der Waals surface area contributed by atoms with E-state index in [0.29, 0.717) is 6.42 Å². The van der Waals surface area contributed by atoms with Crippen molar-refractivity contribution in [2.24, 2.45) is 5.92 Å². The summed E-state index contributed by atoms with van der Waals surface area (Å²) in [6.07, 6.45) is 12.3. The minimum atomic E-state index is -0.706. The first-order valence-electron chi connectivity index (χ1n) is 6.06.